The Morgan fingerprint density at radius 1 is 1.70 bits per heavy atom. The third kappa shape index (κ3) is 1.12. The molecule has 0 saturated carbocycles. The van der Waals surface area contributed by atoms with Crippen molar-refractivity contribution in [3.8, 4) is 12.3 Å². The van der Waals surface area contributed by atoms with Gasteiger partial charge in [0.05, 0.1) is 0 Å². The van der Waals surface area contributed by atoms with Crippen molar-refractivity contribution in [1.82, 2.24) is 0 Å². The molecule has 0 aromatic rings. The molecule has 0 radical (unpaired) electrons. The maximum atomic E-state index is 5.77. The van der Waals surface area contributed by atoms with Gasteiger partial charge in [-0.1, -0.05) is 25.0 Å². The van der Waals surface area contributed by atoms with Crippen LogP contribution in [0.2, 0.25) is 0 Å². The van der Waals surface area contributed by atoms with Crippen molar-refractivity contribution in [3.05, 3.63) is 23.8 Å². The van der Waals surface area contributed by atoms with E-state index in [0.29, 0.717) is 5.92 Å². The Morgan fingerprint density at radius 2 is 2.40 bits per heavy atom. The van der Waals surface area contributed by atoms with Crippen LogP contribution in [0.3, 0.4) is 0 Å². The second-order valence-corrected chi connectivity index (χ2v) is 2.54. The summed E-state index contributed by atoms with van der Waals surface area (Å²) >= 11 is 0. The maximum Gasteiger partial charge on any atom is 0.0436 e. The van der Waals surface area contributed by atoms with Crippen molar-refractivity contribution in [2.45, 2.75) is 13.0 Å². The molecule has 0 bridgehead atoms. The van der Waals surface area contributed by atoms with Gasteiger partial charge in [0.25, 0.3) is 0 Å². The summed E-state index contributed by atoms with van der Waals surface area (Å²) in [5.41, 5.74) is 6.67. The summed E-state index contributed by atoms with van der Waals surface area (Å²) in [4.78, 5) is 0. The van der Waals surface area contributed by atoms with E-state index in [1.807, 2.05) is 12.2 Å². The van der Waals surface area contributed by atoms with Crippen LogP contribution in [-0.2, 0) is 0 Å². The molecule has 1 rings (SSSR count). The lowest BCUT2D eigenvalue weighted by molar-refractivity contribution is 0.609. The highest BCUT2D eigenvalue weighted by atomic mass is 14.6. The highest BCUT2D eigenvalue weighted by Gasteiger charge is 2.14. The molecule has 10 heavy (non-hydrogen) atoms. The van der Waals surface area contributed by atoms with Crippen LogP contribution in [0.25, 0.3) is 0 Å². The van der Waals surface area contributed by atoms with Gasteiger partial charge in [-0.2, -0.15) is 0 Å². The smallest absolute Gasteiger partial charge is 0.0436 e. The molecular formula is C9H11N. The zero-order valence-corrected chi connectivity index (χ0v) is 6.04. The second-order valence-electron chi connectivity index (χ2n) is 2.54. The molecule has 2 N–H and O–H groups in total. The quantitative estimate of drug-likeness (QED) is 0.492. The minimum absolute atomic E-state index is 0.0231. The molecule has 0 aromatic carbocycles. The Hall–Kier alpha value is -1.00. The van der Waals surface area contributed by atoms with Gasteiger partial charge in [0, 0.05) is 11.6 Å². The van der Waals surface area contributed by atoms with Gasteiger partial charge in [0.1, 0.15) is 0 Å². The zero-order valence-electron chi connectivity index (χ0n) is 6.04. The summed E-state index contributed by atoms with van der Waals surface area (Å²) < 4.78 is 0. The summed E-state index contributed by atoms with van der Waals surface area (Å²) in [6, 6.07) is 0.0231. The normalized spacial score (nSPS) is 31.1. The molecule has 0 fully saturated rings. The van der Waals surface area contributed by atoms with Gasteiger partial charge in [0.2, 0.25) is 0 Å². The van der Waals surface area contributed by atoms with E-state index in [-0.39, 0.29) is 6.04 Å². The maximum absolute atomic E-state index is 5.77. The van der Waals surface area contributed by atoms with Crippen LogP contribution in [-0.4, -0.2) is 6.04 Å². The third-order valence-electron chi connectivity index (χ3n) is 1.78. The lowest BCUT2D eigenvalue weighted by Gasteiger charge is -2.18. The number of rotatable bonds is 0. The topological polar surface area (TPSA) is 26.0 Å². The first-order chi connectivity index (χ1) is 4.75. The van der Waals surface area contributed by atoms with Crippen LogP contribution in [0.5, 0.6) is 0 Å². The van der Waals surface area contributed by atoms with Crippen LogP contribution in [0, 0.1) is 18.3 Å². The predicted octanol–water partition coefficient (Wildman–Crippen LogP) is 1.08. The number of hydrogen-bond acceptors (Lipinski definition) is 1. The summed E-state index contributed by atoms with van der Waals surface area (Å²) in [5, 5.41) is 0. The summed E-state index contributed by atoms with van der Waals surface area (Å²) in [6.45, 7) is 2.06. The Morgan fingerprint density at radius 3 is 2.90 bits per heavy atom. The molecule has 1 aliphatic rings. The summed E-state index contributed by atoms with van der Waals surface area (Å²) in [5.74, 6) is 2.94. The summed E-state index contributed by atoms with van der Waals surface area (Å²) in [6.07, 6.45) is 11.1. The minimum Gasteiger partial charge on any atom is -0.323 e. The minimum atomic E-state index is 0.0231. The fourth-order valence-electron chi connectivity index (χ4n) is 0.993. The molecule has 1 heteroatoms. The predicted molar refractivity (Wildman–Crippen MR) is 43.2 cm³/mol. The Bertz CT molecular complexity index is 217. The van der Waals surface area contributed by atoms with Gasteiger partial charge in [-0.3, -0.25) is 0 Å². The van der Waals surface area contributed by atoms with Crippen molar-refractivity contribution < 1.29 is 0 Å². The van der Waals surface area contributed by atoms with E-state index in [0.717, 1.165) is 5.57 Å². The molecular weight excluding hydrogens is 122 g/mol. The van der Waals surface area contributed by atoms with Crippen LogP contribution in [0.1, 0.15) is 6.92 Å². The van der Waals surface area contributed by atoms with Gasteiger partial charge >= 0.3 is 0 Å². The first-order valence-electron chi connectivity index (χ1n) is 3.36. The number of nitrogens with two attached hydrogens (primary N) is 1. The van der Waals surface area contributed by atoms with E-state index in [4.69, 9.17) is 12.2 Å². The van der Waals surface area contributed by atoms with Crippen molar-refractivity contribution in [3.63, 3.8) is 0 Å². The molecule has 0 amide bonds. The average molecular weight is 133 g/mol. The molecule has 1 nitrogen and oxygen atoms in total. The molecule has 0 aliphatic heterocycles. The van der Waals surface area contributed by atoms with Crippen LogP contribution < -0.4 is 5.73 Å². The van der Waals surface area contributed by atoms with E-state index < -0.39 is 0 Å². The Balaban J connectivity index is 2.84. The largest absolute Gasteiger partial charge is 0.323 e. The SMILES string of the molecule is C#CC1=CC=CC(C)C1N. The van der Waals surface area contributed by atoms with Gasteiger partial charge < -0.3 is 5.73 Å². The molecule has 0 heterocycles. The highest BCUT2D eigenvalue weighted by Crippen LogP contribution is 2.15. The number of terminal acetylenes is 1. The van der Waals surface area contributed by atoms with Crippen LogP contribution in [0.15, 0.2) is 23.8 Å². The van der Waals surface area contributed by atoms with E-state index in [9.17, 15) is 0 Å². The number of hydrogen-bond donors (Lipinski definition) is 1. The first-order valence-corrected chi connectivity index (χ1v) is 3.36. The highest BCUT2D eigenvalue weighted by molar-refractivity contribution is 5.37. The Kier molecular flexibility index (Phi) is 1.94. The molecule has 0 spiro atoms. The van der Waals surface area contributed by atoms with E-state index in [1.54, 1.807) is 0 Å². The van der Waals surface area contributed by atoms with Gasteiger partial charge in [0.15, 0.2) is 0 Å². The van der Waals surface area contributed by atoms with Crippen LogP contribution >= 0.6 is 0 Å². The van der Waals surface area contributed by atoms with Crippen molar-refractivity contribution in [1.29, 1.82) is 0 Å². The summed E-state index contributed by atoms with van der Waals surface area (Å²) in [7, 11) is 0. The standard InChI is InChI=1S/C9H11N/c1-3-8-6-4-5-7(2)9(8)10/h1,4-7,9H,10H2,2H3. The fraction of sp³-hybridized carbons (Fsp3) is 0.333. The molecule has 0 aromatic heterocycles. The van der Waals surface area contributed by atoms with Crippen LogP contribution in [0.4, 0.5) is 0 Å². The lowest BCUT2D eigenvalue weighted by atomic mass is 9.91. The monoisotopic (exact) mass is 133 g/mol. The Labute approximate surface area is 61.6 Å². The van der Waals surface area contributed by atoms with E-state index in [2.05, 4.69) is 18.9 Å². The van der Waals surface area contributed by atoms with Crippen molar-refractivity contribution >= 4 is 0 Å². The van der Waals surface area contributed by atoms with Crippen molar-refractivity contribution in [2.75, 3.05) is 0 Å². The second kappa shape index (κ2) is 2.72. The van der Waals surface area contributed by atoms with E-state index >= 15 is 0 Å². The molecule has 52 valence electrons. The average Bonchev–Trinajstić information content (AvgIpc) is 1.95. The zero-order chi connectivity index (χ0) is 7.56. The third-order valence-corrected chi connectivity index (χ3v) is 1.78. The van der Waals surface area contributed by atoms with E-state index in [1.165, 1.54) is 0 Å². The van der Waals surface area contributed by atoms with Gasteiger partial charge in [-0.15, -0.1) is 6.42 Å². The van der Waals surface area contributed by atoms with Gasteiger partial charge in [-0.05, 0) is 12.0 Å². The molecule has 1 aliphatic carbocycles. The first kappa shape index (κ1) is 7.11. The molecule has 0 saturated heterocycles. The van der Waals surface area contributed by atoms with Gasteiger partial charge in [-0.25, -0.2) is 0 Å². The fourth-order valence-corrected chi connectivity index (χ4v) is 0.993. The van der Waals surface area contributed by atoms with Crippen molar-refractivity contribution in [2.24, 2.45) is 11.7 Å². The lowest BCUT2D eigenvalue weighted by Crippen LogP contribution is -2.30. The molecule has 2 atom stereocenters. The molecule has 2 unspecified atom stereocenters. The number of allylic oxidation sites excluding steroid dienone is 2.